The van der Waals surface area contributed by atoms with Crippen LogP contribution in [0.25, 0.3) is 0 Å². The Morgan fingerprint density at radius 3 is 0.268 bits per heavy atom. The molecule has 0 amide bonds. The molecule has 0 fully saturated rings. The van der Waals surface area contributed by atoms with Crippen LogP contribution in [-0.4, -0.2) is 30.7 Å². The van der Waals surface area contributed by atoms with Gasteiger partial charge in [0.25, 0.3) is 0 Å². The Morgan fingerprint density at radius 1 is 0.110 bits per heavy atom. The smallest absolute Gasteiger partial charge is 0.0786 e. The average molecular weight is 1270 g/mol. The van der Waals surface area contributed by atoms with Crippen LogP contribution >= 0.6 is 0 Å². The fraction of sp³-hybridized carbons (Fsp3) is 1.00. The Bertz CT molecular complexity index is 891. The summed E-state index contributed by atoms with van der Waals surface area (Å²) in [5, 5.41) is 0. The molecule has 0 saturated heterocycles. The predicted molar refractivity (Wildman–Crippen MR) is 375 cm³/mol. The van der Waals surface area contributed by atoms with Gasteiger partial charge < -0.3 is 28.5 Å². The minimum absolute atomic E-state index is 0. The highest BCUT2D eigenvalue weighted by atomic mass is 127. The van der Waals surface area contributed by atoms with Crippen LogP contribution in [-0.2, 0) is 0 Å². The number of hydrogen-bond acceptors (Lipinski definition) is 0. The molecule has 0 bridgehead atoms. The van der Waals surface area contributed by atoms with Gasteiger partial charge in [-0.2, -0.15) is 0 Å². The van der Waals surface area contributed by atoms with Crippen LogP contribution in [0.4, 0.5) is 0 Å². The third kappa shape index (κ3) is 71.4. The van der Waals surface area contributed by atoms with Crippen molar-refractivity contribution in [1.82, 2.24) is 0 Å². The Labute approximate surface area is 541 Å². The lowest BCUT2D eigenvalue weighted by Crippen LogP contribution is -3.00. The first-order valence-corrected chi connectivity index (χ1v) is 40.1. The first-order chi connectivity index (χ1) is 40.2. The maximum absolute atomic E-state index is 2.33. The fourth-order valence-electron chi connectivity index (χ4n) is 14.1. The van der Waals surface area contributed by atoms with Crippen molar-refractivity contribution in [3.63, 3.8) is 0 Å². The van der Waals surface area contributed by atoms with Crippen LogP contribution in [0.5, 0.6) is 0 Å². The van der Waals surface area contributed by atoms with Crippen LogP contribution in [0, 0.1) is 0 Å². The highest BCUT2D eigenvalue weighted by molar-refractivity contribution is 4.59. The summed E-state index contributed by atoms with van der Waals surface area (Å²) in [6, 6.07) is 0. The molecule has 0 rings (SSSR count). The second-order valence-corrected chi connectivity index (χ2v) is 28.3. The molecule has 82 heavy (non-hydrogen) atoms. The standard InChI is InChI=1S/C80H164N.HI/c1-5-9-13-17-21-25-29-33-37-41-45-49-53-57-61-65-69-73-77-81(78-74-70-66-62-58-54-50-46-42-38-34-30-26-22-18-14-10-6-2,79-75-71-67-63-59-55-51-47-43-39-35-31-27-23-19-15-11-7-3)80-76-72-68-64-60-56-52-48-44-40-36-32-28-24-20-16-12-8-4;/h5-80H2,1-4H3;1H/q+1;/p-1. The highest BCUT2D eigenvalue weighted by Gasteiger charge is 2.26. The van der Waals surface area contributed by atoms with Crippen molar-refractivity contribution in [2.75, 3.05) is 26.2 Å². The Morgan fingerprint density at radius 2 is 0.183 bits per heavy atom. The lowest BCUT2D eigenvalue weighted by atomic mass is 10.0. The fourth-order valence-corrected chi connectivity index (χ4v) is 14.1. The van der Waals surface area contributed by atoms with Crippen LogP contribution in [0.15, 0.2) is 0 Å². The SMILES string of the molecule is CCCCCCCCCCCCCCCCCCCC[N+](CCCCCCCCCCCCCCCCCCCC)(CCCCCCCCCCCCCCCCCCCC)CCCCCCCCCCCCCCCCCCCC.[I-]. The molecule has 0 aliphatic heterocycles. The summed E-state index contributed by atoms with van der Waals surface area (Å²) < 4.78 is 1.50. The van der Waals surface area contributed by atoms with E-state index in [0.717, 1.165) is 0 Å². The van der Waals surface area contributed by atoms with Gasteiger partial charge in [-0.3, -0.25) is 0 Å². The van der Waals surface area contributed by atoms with E-state index in [1.165, 1.54) is 493 Å². The summed E-state index contributed by atoms with van der Waals surface area (Å²) >= 11 is 0. The Balaban J connectivity index is 0. The number of unbranched alkanes of at least 4 members (excludes halogenated alkanes) is 68. The van der Waals surface area contributed by atoms with Crippen LogP contribution < -0.4 is 24.0 Å². The van der Waals surface area contributed by atoms with Gasteiger partial charge in [-0.1, -0.05) is 439 Å². The summed E-state index contributed by atoms with van der Waals surface area (Å²) in [5.74, 6) is 0. The molecule has 0 aliphatic rings. The second-order valence-electron chi connectivity index (χ2n) is 28.3. The number of hydrogen-bond donors (Lipinski definition) is 0. The summed E-state index contributed by atoms with van der Waals surface area (Å²) in [6.45, 7) is 15.3. The molecular weight excluding hydrogens is 1100 g/mol. The third-order valence-electron chi connectivity index (χ3n) is 19.9. The molecule has 496 valence electrons. The van der Waals surface area contributed by atoms with E-state index in [1.807, 2.05) is 0 Å². The van der Waals surface area contributed by atoms with E-state index in [9.17, 15) is 0 Å². The van der Waals surface area contributed by atoms with E-state index in [2.05, 4.69) is 27.7 Å². The number of halogens is 1. The molecule has 0 unspecified atom stereocenters. The molecule has 0 aromatic heterocycles. The highest BCUT2D eigenvalue weighted by Crippen LogP contribution is 2.24. The summed E-state index contributed by atoms with van der Waals surface area (Å²) in [4.78, 5) is 0. The van der Waals surface area contributed by atoms with Crippen LogP contribution in [0.3, 0.4) is 0 Å². The maximum atomic E-state index is 2.33. The van der Waals surface area contributed by atoms with Gasteiger partial charge in [0.2, 0.25) is 0 Å². The van der Waals surface area contributed by atoms with E-state index in [4.69, 9.17) is 0 Å². The van der Waals surface area contributed by atoms with E-state index in [0.29, 0.717) is 0 Å². The molecule has 0 aromatic rings. The molecule has 0 spiro atoms. The summed E-state index contributed by atoms with van der Waals surface area (Å²) in [7, 11) is 0. The Kier molecular flexibility index (Phi) is 80.4. The summed E-state index contributed by atoms with van der Waals surface area (Å²) in [5.41, 5.74) is 0. The van der Waals surface area contributed by atoms with Gasteiger partial charge in [0.15, 0.2) is 0 Å². The predicted octanol–water partition coefficient (Wildman–Crippen LogP) is 27.0. The largest absolute Gasteiger partial charge is 1.00 e. The van der Waals surface area contributed by atoms with Gasteiger partial charge >= 0.3 is 0 Å². The molecule has 2 heteroatoms. The van der Waals surface area contributed by atoms with Gasteiger partial charge in [-0.15, -0.1) is 0 Å². The van der Waals surface area contributed by atoms with Gasteiger partial charge in [0.1, 0.15) is 0 Å². The number of nitrogens with zero attached hydrogens (tertiary/aromatic N) is 1. The molecule has 1 nitrogen and oxygen atoms in total. The molecule has 0 aromatic carbocycles. The lowest BCUT2D eigenvalue weighted by Gasteiger charge is -2.40. The zero-order valence-corrected chi connectivity index (χ0v) is 60.7. The van der Waals surface area contributed by atoms with E-state index in [-0.39, 0.29) is 24.0 Å². The molecule has 0 atom stereocenters. The number of quaternary nitrogens is 1. The molecule has 0 heterocycles. The number of rotatable bonds is 76. The van der Waals surface area contributed by atoms with Gasteiger partial charge in [0, 0.05) is 0 Å². The van der Waals surface area contributed by atoms with Gasteiger partial charge in [0.05, 0.1) is 26.2 Å². The maximum Gasteiger partial charge on any atom is 0.0786 e. The van der Waals surface area contributed by atoms with Crippen molar-refractivity contribution in [3.05, 3.63) is 0 Å². The quantitative estimate of drug-likeness (QED) is 0.0323. The van der Waals surface area contributed by atoms with Crippen molar-refractivity contribution >= 4 is 0 Å². The molecule has 0 radical (unpaired) electrons. The zero-order valence-electron chi connectivity index (χ0n) is 58.6. The minimum atomic E-state index is 0. The van der Waals surface area contributed by atoms with Crippen LogP contribution in [0.2, 0.25) is 0 Å². The molecular formula is C80H164IN. The monoisotopic (exact) mass is 1270 g/mol. The van der Waals surface area contributed by atoms with E-state index in [1.54, 1.807) is 0 Å². The first kappa shape index (κ1) is 84.8. The summed E-state index contributed by atoms with van der Waals surface area (Å²) in [6.07, 6.45) is 107. The second kappa shape index (κ2) is 77.8. The first-order valence-electron chi connectivity index (χ1n) is 40.1. The van der Waals surface area contributed by atoms with Crippen molar-refractivity contribution in [2.45, 2.75) is 490 Å². The van der Waals surface area contributed by atoms with Gasteiger partial charge in [-0.25, -0.2) is 0 Å². The van der Waals surface area contributed by atoms with E-state index < -0.39 is 0 Å². The van der Waals surface area contributed by atoms with Crippen molar-refractivity contribution in [2.24, 2.45) is 0 Å². The third-order valence-corrected chi connectivity index (χ3v) is 19.9. The normalized spacial score (nSPS) is 11.9. The van der Waals surface area contributed by atoms with Crippen molar-refractivity contribution in [3.8, 4) is 0 Å². The van der Waals surface area contributed by atoms with Crippen molar-refractivity contribution < 1.29 is 28.5 Å². The van der Waals surface area contributed by atoms with E-state index >= 15 is 0 Å². The molecule has 0 aliphatic carbocycles. The molecule has 0 N–H and O–H groups in total. The minimum Gasteiger partial charge on any atom is -1.00 e. The average Bonchev–Trinajstić information content (AvgIpc) is 3.47. The van der Waals surface area contributed by atoms with Crippen LogP contribution in [0.1, 0.15) is 490 Å². The van der Waals surface area contributed by atoms with Crippen molar-refractivity contribution in [1.29, 1.82) is 0 Å². The Hall–Kier alpha value is 0.690. The molecule has 0 saturated carbocycles. The zero-order chi connectivity index (χ0) is 58.2. The lowest BCUT2D eigenvalue weighted by molar-refractivity contribution is -0.929. The van der Waals surface area contributed by atoms with Gasteiger partial charge in [-0.05, 0) is 51.4 Å². The topological polar surface area (TPSA) is 0 Å².